The van der Waals surface area contributed by atoms with Gasteiger partial charge in [-0.25, -0.2) is 9.59 Å². The van der Waals surface area contributed by atoms with Crippen molar-refractivity contribution in [1.29, 1.82) is 0 Å². The molecule has 0 radical (unpaired) electrons. The molecule has 2 aromatic rings. The van der Waals surface area contributed by atoms with Gasteiger partial charge in [-0.05, 0) is 62.6 Å². The fourth-order valence-electron chi connectivity index (χ4n) is 5.55. The molecule has 10 nitrogen and oxygen atoms in total. The minimum atomic E-state index is -0.971. The Morgan fingerprint density at radius 1 is 0.977 bits per heavy atom. The Bertz CT molecular complexity index is 1290. The lowest BCUT2D eigenvalue weighted by atomic mass is 9.87. The van der Waals surface area contributed by atoms with E-state index >= 15 is 0 Å². The SMILES string of the molecule is CC(C)[C@H](NC(=O)OC(C)(C)C)C(=O)N1CCN(C(=O)OCc2ccccc2)C[C@H]1C(=O)N[C@@H]1CCCc2ccccc21. The number of hydrogen-bond donors (Lipinski definition) is 2. The van der Waals surface area contributed by atoms with Crippen molar-refractivity contribution in [2.75, 3.05) is 19.6 Å². The monoisotopic (exact) mass is 592 g/mol. The second-order valence-corrected chi connectivity index (χ2v) is 12.6. The van der Waals surface area contributed by atoms with Crippen molar-refractivity contribution in [3.63, 3.8) is 0 Å². The first-order valence-electron chi connectivity index (χ1n) is 15.1. The van der Waals surface area contributed by atoms with Crippen LogP contribution in [0.3, 0.4) is 0 Å². The fraction of sp³-hybridized carbons (Fsp3) is 0.515. The molecule has 1 saturated heterocycles. The van der Waals surface area contributed by atoms with Gasteiger partial charge in [0.1, 0.15) is 24.3 Å². The Hall–Kier alpha value is -4.08. The summed E-state index contributed by atoms with van der Waals surface area (Å²) < 4.78 is 11.0. The van der Waals surface area contributed by atoms with Crippen molar-refractivity contribution in [3.8, 4) is 0 Å². The normalized spacial score (nSPS) is 19.2. The summed E-state index contributed by atoms with van der Waals surface area (Å²) in [5, 5.41) is 5.87. The average molecular weight is 593 g/mol. The maximum atomic E-state index is 14.0. The number of carbonyl (C=O) groups excluding carboxylic acids is 4. The van der Waals surface area contributed by atoms with E-state index in [2.05, 4.69) is 16.7 Å². The summed E-state index contributed by atoms with van der Waals surface area (Å²) in [5.74, 6) is -1.03. The molecule has 2 aromatic carbocycles. The van der Waals surface area contributed by atoms with Gasteiger partial charge in [0, 0.05) is 13.1 Å². The van der Waals surface area contributed by atoms with Crippen LogP contribution in [0.25, 0.3) is 0 Å². The van der Waals surface area contributed by atoms with Crippen LogP contribution in [-0.4, -0.2) is 71.1 Å². The first-order chi connectivity index (χ1) is 20.4. The Morgan fingerprint density at radius 2 is 1.67 bits per heavy atom. The van der Waals surface area contributed by atoms with Crippen LogP contribution in [0.2, 0.25) is 0 Å². The van der Waals surface area contributed by atoms with E-state index in [1.54, 1.807) is 20.8 Å². The number of amides is 4. The van der Waals surface area contributed by atoms with Crippen LogP contribution in [0, 0.1) is 5.92 Å². The molecule has 43 heavy (non-hydrogen) atoms. The van der Waals surface area contributed by atoms with Crippen molar-refractivity contribution in [2.45, 2.75) is 84.2 Å². The zero-order chi connectivity index (χ0) is 31.1. The summed E-state index contributed by atoms with van der Waals surface area (Å²) in [6, 6.07) is 15.3. The number of nitrogens with zero attached hydrogens (tertiary/aromatic N) is 2. The number of rotatable bonds is 7. The lowest BCUT2D eigenvalue weighted by Gasteiger charge is -2.42. The number of fused-ring (bicyclic) bond motifs is 1. The number of piperazine rings is 1. The maximum Gasteiger partial charge on any atom is 0.410 e. The van der Waals surface area contributed by atoms with Gasteiger partial charge in [-0.15, -0.1) is 0 Å². The summed E-state index contributed by atoms with van der Waals surface area (Å²) in [4.78, 5) is 56.6. The number of nitrogens with one attached hydrogen (secondary N) is 2. The molecule has 10 heteroatoms. The van der Waals surface area contributed by atoms with E-state index in [4.69, 9.17) is 9.47 Å². The van der Waals surface area contributed by atoms with Gasteiger partial charge in [-0.1, -0.05) is 68.4 Å². The quantitative estimate of drug-likeness (QED) is 0.486. The third-order valence-electron chi connectivity index (χ3n) is 7.72. The van der Waals surface area contributed by atoms with Crippen molar-refractivity contribution < 1.29 is 28.7 Å². The van der Waals surface area contributed by atoms with Gasteiger partial charge in [0.25, 0.3) is 0 Å². The Kier molecular flexibility index (Phi) is 10.3. The highest BCUT2D eigenvalue weighted by molar-refractivity contribution is 5.92. The van der Waals surface area contributed by atoms with Gasteiger partial charge >= 0.3 is 12.2 Å². The average Bonchev–Trinajstić information content (AvgIpc) is 2.97. The molecule has 1 aliphatic heterocycles. The van der Waals surface area contributed by atoms with E-state index in [-0.39, 0.29) is 44.1 Å². The summed E-state index contributed by atoms with van der Waals surface area (Å²) in [6.45, 7) is 9.26. The highest BCUT2D eigenvalue weighted by Gasteiger charge is 2.42. The second-order valence-electron chi connectivity index (χ2n) is 12.6. The van der Waals surface area contributed by atoms with E-state index in [9.17, 15) is 19.2 Å². The molecule has 4 amide bonds. The molecule has 3 atom stereocenters. The Balaban J connectivity index is 1.53. The minimum absolute atomic E-state index is 0.0309. The summed E-state index contributed by atoms with van der Waals surface area (Å²) in [7, 11) is 0. The van der Waals surface area contributed by atoms with Crippen molar-refractivity contribution in [3.05, 3.63) is 71.3 Å². The van der Waals surface area contributed by atoms with Crippen LogP contribution in [0.1, 0.15) is 70.2 Å². The lowest BCUT2D eigenvalue weighted by molar-refractivity contribution is -0.146. The smallest absolute Gasteiger partial charge is 0.410 e. The predicted molar refractivity (Wildman–Crippen MR) is 162 cm³/mol. The van der Waals surface area contributed by atoms with E-state index in [1.165, 1.54) is 15.4 Å². The number of benzene rings is 2. The second kappa shape index (κ2) is 13.9. The number of alkyl carbamates (subject to hydrolysis) is 1. The van der Waals surface area contributed by atoms with E-state index < -0.39 is 35.8 Å². The molecule has 1 fully saturated rings. The maximum absolute atomic E-state index is 14.0. The predicted octanol–water partition coefficient (Wildman–Crippen LogP) is 4.58. The third kappa shape index (κ3) is 8.49. The number of hydrogen-bond acceptors (Lipinski definition) is 6. The Labute approximate surface area is 254 Å². The fourth-order valence-corrected chi connectivity index (χ4v) is 5.55. The highest BCUT2D eigenvalue weighted by Crippen LogP contribution is 2.30. The largest absolute Gasteiger partial charge is 0.445 e. The van der Waals surface area contributed by atoms with Gasteiger partial charge in [0.05, 0.1) is 12.6 Å². The first kappa shape index (κ1) is 31.8. The van der Waals surface area contributed by atoms with Gasteiger partial charge in [0.15, 0.2) is 0 Å². The summed E-state index contributed by atoms with van der Waals surface area (Å²) >= 11 is 0. The van der Waals surface area contributed by atoms with Crippen LogP contribution >= 0.6 is 0 Å². The number of ether oxygens (including phenoxy) is 2. The summed E-state index contributed by atoms with van der Waals surface area (Å²) in [6.07, 6.45) is 1.40. The molecule has 1 aliphatic carbocycles. The minimum Gasteiger partial charge on any atom is -0.445 e. The molecule has 1 heterocycles. The Morgan fingerprint density at radius 3 is 2.37 bits per heavy atom. The first-order valence-corrected chi connectivity index (χ1v) is 15.1. The van der Waals surface area contributed by atoms with Crippen LogP contribution in [0.15, 0.2) is 54.6 Å². The topological polar surface area (TPSA) is 117 Å². The molecule has 0 saturated carbocycles. The van der Waals surface area contributed by atoms with Crippen molar-refractivity contribution >= 4 is 24.0 Å². The molecule has 0 bridgehead atoms. The zero-order valence-electron chi connectivity index (χ0n) is 25.8. The number of carbonyl (C=O) groups is 4. The molecule has 4 rings (SSSR count). The highest BCUT2D eigenvalue weighted by atomic mass is 16.6. The molecule has 0 aromatic heterocycles. The van der Waals surface area contributed by atoms with E-state index in [0.717, 1.165) is 30.4 Å². The molecule has 0 unspecified atom stereocenters. The summed E-state index contributed by atoms with van der Waals surface area (Å²) in [5.41, 5.74) is 2.38. The third-order valence-corrected chi connectivity index (χ3v) is 7.72. The molecule has 0 spiro atoms. The van der Waals surface area contributed by atoms with Crippen LogP contribution in [0.5, 0.6) is 0 Å². The van der Waals surface area contributed by atoms with Gasteiger partial charge < -0.3 is 29.9 Å². The standard InChI is InChI=1S/C33H44N4O6/c1-22(2)28(35-31(40)43-33(3,4)5)30(39)37-19-18-36(32(41)42-21-23-12-7-6-8-13-23)20-27(37)29(38)34-26-17-11-15-24-14-9-10-16-25(24)26/h6-10,12-14,16,22,26-28H,11,15,17-21H2,1-5H3,(H,34,38)(H,35,40)/t26-,27+,28+/m1/s1. The van der Waals surface area contributed by atoms with Crippen LogP contribution in [0.4, 0.5) is 9.59 Å². The molecule has 2 aliphatic rings. The molecule has 2 N–H and O–H groups in total. The van der Waals surface area contributed by atoms with Gasteiger partial charge in [-0.2, -0.15) is 0 Å². The van der Waals surface area contributed by atoms with Crippen molar-refractivity contribution in [2.24, 2.45) is 5.92 Å². The zero-order valence-corrected chi connectivity index (χ0v) is 25.8. The number of aryl methyl sites for hydroxylation is 1. The van der Waals surface area contributed by atoms with E-state index in [1.807, 2.05) is 62.4 Å². The molecular weight excluding hydrogens is 548 g/mol. The van der Waals surface area contributed by atoms with Crippen LogP contribution < -0.4 is 10.6 Å². The molecule has 232 valence electrons. The molecular formula is C33H44N4O6. The van der Waals surface area contributed by atoms with E-state index in [0.29, 0.717) is 0 Å². The lowest BCUT2D eigenvalue weighted by Crippen LogP contribution is -2.65. The van der Waals surface area contributed by atoms with Gasteiger partial charge in [-0.3, -0.25) is 9.59 Å². The van der Waals surface area contributed by atoms with Gasteiger partial charge in [0.2, 0.25) is 11.8 Å². The van der Waals surface area contributed by atoms with Crippen molar-refractivity contribution in [1.82, 2.24) is 20.4 Å². The van der Waals surface area contributed by atoms with Crippen LogP contribution in [-0.2, 0) is 32.1 Å².